The van der Waals surface area contributed by atoms with Gasteiger partial charge in [0.1, 0.15) is 10.1 Å². The highest BCUT2D eigenvalue weighted by Gasteiger charge is 2.34. The van der Waals surface area contributed by atoms with Crippen molar-refractivity contribution in [3.05, 3.63) is 70.4 Å². The molecule has 1 aliphatic rings. The van der Waals surface area contributed by atoms with Crippen molar-refractivity contribution in [2.75, 3.05) is 11.9 Å². The van der Waals surface area contributed by atoms with Gasteiger partial charge in [-0.15, -0.1) is 0 Å². The zero-order valence-electron chi connectivity index (χ0n) is 15.2. The molecule has 0 unspecified atom stereocenters. The third kappa shape index (κ3) is 5.06. The molecular formula is C20H14F4N2O2S2. The molecule has 10 heteroatoms. The van der Waals surface area contributed by atoms with Gasteiger partial charge in [-0.2, -0.15) is 13.2 Å². The van der Waals surface area contributed by atoms with Gasteiger partial charge in [0.15, 0.2) is 0 Å². The molecule has 0 aromatic heterocycles. The fraction of sp³-hybridized carbons (Fsp3) is 0.150. The zero-order chi connectivity index (χ0) is 21.9. The molecule has 0 radical (unpaired) electrons. The van der Waals surface area contributed by atoms with Crippen molar-refractivity contribution in [2.24, 2.45) is 0 Å². The highest BCUT2D eigenvalue weighted by Crippen LogP contribution is 2.35. The molecule has 1 heterocycles. The number of nitrogens with one attached hydrogen (secondary N) is 1. The van der Waals surface area contributed by atoms with Gasteiger partial charge in [-0.25, -0.2) is 4.39 Å². The van der Waals surface area contributed by atoms with E-state index in [9.17, 15) is 27.2 Å². The Morgan fingerprint density at radius 3 is 2.50 bits per heavy atom. The fourth-order valence-corrected chi connectivity index (χ4v) is 3.99. The number of nitrogens with zero attached hydrogens (tertiary/aromatic N) is 1. The maximum Gasteiger partial charge on any atom is 0.418 e. The molecule has 3 rings (SSSR count). The summed E-state index contributed by atoms with van der Waals surface area (Å²) in [4.78, 5) is 26.1. The van der Waals surface area contributed by atoms with Gasteiger partial charge in [-0.1, -0.05) is 54.3 Å². The van der Waals surface area contributed by atoms with Crippen molar-refractivity contribution in [3.63, 3.8) is 0 Å². The minimum Gasteiger partial charge on any atom is -0.325 e. The molecule has 156 valence electrons. The lowest BCUT2D eigenvalue weighted by atomic mass is 10.1. The SMILES string of the molecule is O=C(CCN1C(=O)C(=Cc2ccccc2F)SC1=S)Nc1ccccc1C(F)(F)F. The number of para-hydroxylation sites is 1. The molecule has 4 nitrogen and oxygen atoms in total. The predicted octanol–water partition coefficient (Wildman–Crippen LogP) is 5.07. The van der Waals surface area contributed by atoms with Crippen LogP contribution >= 0.6 is 24.0 Å². The number of thioether (sulfide) groups is 1. The minimum absolute atomic E-state index is 0.112. The Labute approximate surface area is 178 Å². The van der Waals surface area contributed by atoms with Crippen LogP contribution in [0.25, 0.3) is 6.08 Å². The first-order chi connectivity index (χ1) is 14.2. The first-order valence-electron chi connectivity index (χ1n) is 8.63. The number of amides is 2. The van der Waals surface area contributed by atoms with E-state index in [1.807, 2.05) is 0 Å². The second-order valence-electron chi connectivity index (χ2n) is 6.20. The minimum atomic E-state index is -4.61. The highest BCUT2D eigenvalue weighted by atomic mass is 32.2. The van der Waals surface area contributed by atoms with Crippen molar-refractivity contribution >= 4 is 51.9 Å². The third-order valence-corrected chi connectivity index (χ3v) is 5.51. The summed E-state index contributed by atoms with van der Waals surface area (Å²) >= 11 is 6.12. The van der Waals surface area contributed by atoms with Crippen molar-refractivity contribution in [3.8, 4) is 0 Å². The molecule has 1 aliphatic heterocycles. The standard InChI is InChI=1S/C20H14F4N2O2S2/c21-14-7-3-1-5-12(14)11-16-18(28)26(19(29)30-16)10-9-17(27)25-15-8-4-2-6-13(15)20(22,23)24/h1-8,11H,9-10H2,(H,25,27). The molecule has 1 N–H and O–H groups in total. The topological polar surface area (TPSA) is 49.4 Å². The molecule has 0 saturated carbocycles. The van der Waals surface area contributed by atoms with Crippen LogP contribution in [0.2, 0.25) is 0 Å². The Balaban J connectivity index is 1.65. The average Bonchev–Trinajstić information content (AvgIpc) is 2.94. The lowest BCUT2D eigenvalue weighted by Gasteiger charge is -2.16. The van der Waals surface area contributed by atoms with Crippen molar-refractivity contribution < 1.29 is 27.2 Å². The van der Waals surface area contributed by atoms with E-state index in [-0.39, 0.29) is 33.4 Å². The molecule has 2 aromatic carbocycles. The zero-order valence-corrected chi connectivity index (χ0v) is 16.8. The molecule has 2 amide bonds. The Hall–Kier alpha value is -2.72. The first-order valence-corrected chi connectivity index (χ1v) is 9.85. The summed E-state index contributed by atoms with van der Waals surface area (Å²) in [6.45, 7) is -0.112. The van der Waals surface area contributed by atoms with E-state index in [4.69, 9.17) is 12.2 Å². The molecule has 0 bridgehead atoms. The number of alkyl halides is 3. The van der Waals surface area contributed by atoms with Gasteiger partial charge < -0.3 is 5.32 Å². The van der Waals surface area contributed by atoms with E-state index >= 15 is 0 Å². The van der Waals surface area contributed by atoms with Crippen molar-refractivity contribution in [1.29, 1.82) is 0 Å². The molecule has 30 heavy (non-hydrogen) atoms. The normalized spacial score (nSPS) is 15.7. The summed E-state index contributed by atoms with van der Waals surface area (Å²) in [6.07, 6.45) is -3.50. The van der Waals surface area contributed by atoms with Crippen molar-refractivity contribution in [1.82, 2.24) is 4.90 Å². The van der Waals surface area contributed by atoms with E-state index in [1.165, 1.54) is 41.3 Å². The molecular weight excluding hydrogens is 440 g/mol. The number of thiocarbonyl (C=S) groups is 1. The van der Waals surface area contributed by atoms with E-state index in [0.29, 0.717) is 0 Å². The second kappa shape index (κ2) is 8.97. The average molecular weight is 454 g/mol. The Bertz CT molecular complexity index is 1040. The van der Waals surface area contributed by atoms with Crippen LogP contribution in [-0.4, -0.2) is 27.6 Å². The lowest BCUT2D eigenvalue weighted by molar-refractivity contribution is -0.137. The van der Waals surface area contributed by atoms with Crippen LogP contribution in [0, 0.1) is 5.82 Å². The van der Waals surface area contributed by atoms with Gasteiger partial charge in [-0.05, 0) is 24.3 Å². The van der Waals surface area contributed by atoms with Crippen LogP contribution in [0.4, 0.5) is 23.2 Å². The Morgan fingerprint density at radius 1 is 1.13 bits per heavy atom. The summed E-state index contributed by atoms with van der Waals surface area (Å²) in [5.74, 6) is -1.68. The number of hydrogen-bond donors (Lipinski definition) is 1. The van der Waals surface area contributed by atoms with Gasteiger partial charge in [0, 0.05) is 18.5 Å². The lowest BCUT2D eigenvalue weighted by Crippen LogP contribution is -2.31. The number of benzene rings is 2. The van der Waals surface area contributed by atoms with Crippen LogP contribution in [-0.2, 0) is 15.8 Å². The van der Waals surface area contributed by atoms with E-state index in [2.05, 4.69) is 5.32 Å². The van der Waals surface area contributed by atoms with Crippen LogP contribution < -0.4 is 5.32 Å². The van der Waals surface area contributed by atoms with E-state index in [0.717, 1.165) is 23.9 Å². The number of hydrogen-bond acceptors (Lipinski definition) is 4. The van der Waals surface area contributed by atoms with Gasteiger partial charge >= 0.3 is 6.18 Å². The highest BCUT2D eigenvalue weighted by molar-refractivity contribution is 8.26. The Kier molecular flexibility index (Phi) is 6.57. The molecule has 0 spiro atoms. The van der Waals surface area contributed by atoms with Crippen LogP contribution in [0.15, 0.2) is 53.4 Å². The predicted molar refractivity (Wildman–Crippen MR) is 111 cm³/mol. The molecule has 2 aromatic rings. The quantitative estimate of drug-likeness (QED) is 0.389. The van der Waals surface area contributed by atoms with Crippen LogP contribution in [0.1, 0.15) is 17.5 Å². The number of carbonyl (C=O) groups is 2. The number of halogens is 4. The van der Waals surface area contributed by atoms with Gasteiger partial charge in [0.05, 0.1) is 16.2 Å². The van der Waals surface area contributed by atoms with E-state index in [1.54, 1.807) is 6.07 Å². The smallest absolute Gasteiger partial charge is 0.325 e. The molecule has 1 saturated heterocycles. The van der Waals surface area contributed by atoms with E-state index < -0.39 is 29.4 Å². The number of rotatable bonds is 5. The number of carbonyl (C=O) groups excluding carboxylic acids is 2. The molecule has 1 fully saturated rings. The fourth-order valence-electron chi connectivity index (χ4n) is 2.69. The summed E-state index contributed by atoms with van der Waals surface area (Å²) < 4.78 is 53.1. The third-order valence-electron chi connectivity index (χ3n) is 4.13. The molecule has 0 atom stereocenters. The van der Waals surface area contributed by atoms with Crippen molar-refractivity contribution in [2.45, 2.75) is 12.6 Å². The summed E-state index contributed by atoms with van der Waals surface area (Å²) in [6, 6.07) is 10.5. The largest absolute Gasteiger partial charge is 0.418 e. The first kappa shape index (κ1) is 22.0. The molecule has 0 aliphatic carbocycles. The van der Waals surface area contributed by atoms with Gasteiger partial charge in [-0.3, -0.25) is 14.5 Å². The van der Waals surface area contributed by atoms with Crippen LogP contribution in [0.5, 0.6) is 0 Å². The summed E-state index contributed by atoms with van der Waals surface area (Å²) in [5, 5.41) is 2.22. The monoisotopic (exact) mass is 454 g/mol. The number of anilines is 1. The Morgan fingerprint density at radius 2 is 1.80 bits per heavy atom. The van der Waals surface area contributed by atoms with Crippen LogP contribution in [0.3, 0.4) is 0 Å². The van der Waals surface area contributed by atoms with Gasteiger partial charge in [0.25, 0.3) is 5.91 Å². The summed E-state index contributed by atoms with van der Waals surface area (Å²) in [7, 11) is 0. The second-order valence-corrected chi connectivity index (χ2v) is 7.87. The summed E-state index contributed by atoms with van der Waals surface area (Å²) in [5.41, 5.74) is -1.10. The van der Waals surface area contributed by atoms with Gasteiger partial charge in [0.2, 0.25) is 5.91 Å². The maximum atomic E-state index is 13.8. The maximum absolute atomic E-state index is 13.8.